The lowest BCUT2D eigenvalue weighted by molar-refractivity contribution is 0.0695. The number of ether oxygens (including phenoxy) is 1. The number of rotatable bonds is 3. The van der Waals surface area contributed by atoms with Crippen LogP contribution in [0.3, 0.4) is 0 Å². The highest BCUT2D eigenvalue weighted by Gasteiger charge is 2.48. The normalized spacial score (nSPS) is 26.7. The van der Waals surface area contributed by atoms with E-state index < -0.39 is 5.97 Å². The molecule has 1 aromatic carbocycles. The van der Waals surface area contributed by atoms with Crippen LogP contribution in [-0.4, -0.2) is 47.3 Å². The summed E-state index contributed by atoms with van der Waals surface area (Å²) >= 11 is 0. The quantitative estimate of drug-likeness (QED) is 0.944. The highest BCUT2D eigenvalue weighted by atomic mass is 16.5. The molecule has 2 aliphatic rings. The van der Waals surface area contributed by atoms with E-state index in [0.717, 1.165) is 49.1 Å². The van der Waals surface area contributed by atoms with Gasteiger partial charge in [-0.25, -0.2) is 4.79 Å². The van der Waals surface area contributed by atoms with Gasteiger partial charge in [-0.2, -0.15) is 0 Å². The SMILES string of the molecule is COc1ccc2c(c1)c(C(=O)O)c(C13CCN(CC1)C3)n2C. The van der Waals surface area contributed by atoms with E-state index in [2.05, 4.69) is 9.47 Å². The molecular formula is C17H20N2O3. The van der Waals surface area contributed by atoms with Crippen LogP contribution in [0.4, 0.5) is 0 Å². The topological polar surface area (TPSA) is 54.7 Å². The second-order valence-electron chi connectivity index (χ2n) is 6.53. The van der Waals surface area contributed by atoms with Crippen LogP contribution in [0, 0.1) is 0 Å². The van der Waals surface area contributed by atoms with Gasteiger partial charge in [0.1, 0.15) is 5.75 Å². The number of hydrogen-bond donors (Lipinski definition) is 1. The molecule has 0 saturated carbocycles. The average molecular weight is 300 g/mol. The molecule has 0 radical (unpaired) electrons. The Balaban J connectivity index is 2.03. The predicted molar refractivity (Wildman–Crippen MR) is 83.8 cm³/mol. The number of hydrogen-bond acceptors (Lipinski definition) is 3. The van der Waals surface area contributed by atoms with Crippen molar-refractivity contribution in [1.29, 1.82) is 0 Å². The molecule has 5 heteroatoms. The summed E-state index contributed by atoms with van der Waals surface area (Å²) in [6.07, 6.45) is 2.10. The molecule has 2 bridgehead atoms. The molecular weight excluding hydrogens is 280 g/mol. The minimum atomic E-state index is -0.839. The number of aromatic nitrogens is 1. The summed E-state index contributed by atoms with van der Waals surface area (Å²) in [6.45, 7) is 3.13. The predicted octanol–water partition coefficient (Wildman–Crippen LogP) is 2.23. The minimum absolute atomic E-state index is 0.00523. The Labute approximate surface area is 129 Å². The van der Waals surface area contributed by atoms with Gasteiger partial charge in [-0.3, -0.25) is 0 Å². The van der Waals surface area contributed by atoms with Crippen LogP contribution in [0.1, 0.15) is 28.9 Å². The van der Waals surface area contributed by atoms with Gasteiger partial charge in [0.25, 0.3) is 0 Å². The number of carbonyl (C=O) groups is 1. The van der Waals surface area contributed by atoms with Gasteiger partial charge in [0.15, 0.2) is 0 Å². The number of aromatic carboxylic acids is 1. The molecule has 2 aliphatic heterocycles. The standard InChI is InChI=1S/C17H20N2O3/c1-18-13-4-3-11(22-2)9-12(13)14(16(20)21)15(18)17-5-7-19(10-17)8-6-17/h3-4,9H,5-8,10H2,1-2H3,(H,20,21). The van der Waals surface area contributed by atoms with E-state index in [-0.39, 0.29) is 5.41 Å². The number of benzene rings is 1. The van der Waals surface area contributed by atoms with Crippen LogP contribution >= 0.6 is 0 Å². The molecule has 1 aromatic heterocycles. The molecule has 22 heavy (non-hydrogen) atoms. The smallest absolute Gasteiger partial charge is 0.338 e. The van der Waals surface area contributed by atoms with Crippen molar-refractivity contribution in [3.63, 3.8) is 0 Å². The van der Waals surface area contributed by atoms with Crippen molar-refractivity contribution in [2.45, 2.75) is 18.3 Å². The molecule has 0 atom stereocenters. The lowest BCUT2D eigenvalue weighted by atomic mass is 9.79. The summed E-state index contributed by atoms with van der Waals surface area (Å²) < 4.78 is 7.37. The molecule has 0 spiro atoms. The van der Waals surface area contributed by atoms with Gasteiger partial charge >= 0.3 is 5.97 Å². The van der Waals surface area contributed by atoms with Crippen LogP contribution in [0.25, 0.3) is 10.9 Å². The van der Waals surface area contributed by atoms with Gasteiger partial charge in [-0.05, 0) is 44.1 Å². The summed E-state index contributed by atoms with van der Waals surface area (Å²) in [5.41, 5.74) is 2.41. The first-order chi connectivity index (χ1) is 10.6. The number of fused-ring (bicyclic) bond motifs is 3. The summed E-state index contributed by atoms with van der Waals surface area (Å²) in [5.74, 6) is -0.141. The van der Waals surface area contributed by atoms with Crippen molar-refractivity contribution in [1.82, 2.24) is 9.47 Å². The van der Waals surface area contributed by atoms with Gasteiger partial charge in [-0.15, -0.1) is 0 Å². The van der Waals surface area contributed by atoms with Gasteiger partial charge in [0.2, 0.25) is 0 Å². The Morgan fingerprint density at radius 1 is 1.32 bits per heavy atom. The number of methoxy groups -OCH3 is 1. The van der Waals surface area contributed by atoms with E-state index in [1.165, 1.54) is 0 Å². The first kappa shape index (κ1) is 13.6. The number of nitrogens with zero attached hydrogens (tertiary/aromatic N) is 2. The number of piperidine rings is 1. The fourth-order valence-corrected chi connectivity index (χ4v) is 4.42. The fraction of sp³-hybridized carbons (Fsp3) is 0.471. The third-order valence-electron chi connectivity index (χ3n) is 5.46. The zero-order valence-corrected chi connectivity index (χ0v) is 12.9. The van der Waals surface area contributed by atoms with E-state index in [1.807, 2.05) is 25.2 Å². The molecule has 2 saturated heterocycles. The molecule has 4 rings (SSSR count). The third-order valence-corrected chi connectivity index (χ3v) is 5.46. The van der Waals surface area contributed by atoms with Crippen molar-refractivity contribution >= 4 is 16.9 Å². The Morgan fingerprint density at radius 2 is 2.05 bits per heavy atom. The monoisotopic (exact) mass is 300 g/mol. The highest BCUT2D eigenvalue weighted by molar-refractivity contribution is 6.06. The number of aryl methyl sites for hydroxylation is 1. The van der Waals surface area contributed by atoms with E-state index >= 15 is 0 Å². The number of carboxylic acids is 1. The molecule has 3 heterocycles. The minimum Gasteiger partial charge on any atom is -0.497 e. The Bertz CT molecular complexity index is 770. The van der Waals surface area contributed by atoms with Crippen molar-refractivity contribution in [2.75, 3.05) is 26.7 Å². The maximum Gasteiger partial charge on any atom is 0.338 e. The maximum absolute atomic E-state index is 12.0. The van der Waals surface area contributed by atoms with Gasteiger partial charge in [0, 0.05) is 35.6 Å². The second-order valence-corrected chi connectivity index (χ2v) is 6.53. The molecule has 5 nitrogen and oxygen atoms in total. The molecule has 2 fully saturated rings. The van der Waals surface area contributed by atoms with Crippen LogP contribution in [0.2, 0.25) is 0 Å². The second kappa shape index (κ2) is 4.49. The lowest BCUT2D eigenvalue weighted by Gasteiger charge is -2.27. The summed E-state index contributed by atoms with van der Waals surface area (Å²) in [6, 6.07) is 5.70. The van der Waals surface area contributed by atoms with Crippen molar-refractivity contribution < 1.29 is 14.6 Å². The number of carboxylic acid groups (broad SMARTS) is 1. The zero-order chi connectivity index (χ0) is 15.5. The first-order valence-corrected chi connectivity index (χ1v) is 7.68. The Morgan fingerprint density at radius 3 is 2.59 bits per heavy atom. The lowest BCUT2D eigenvalue weighted by Crippen LogP contribution is -2.29. The maximum atomic E-state index is 12.0. The van der Waals surface area contributed by atoms with Gasteiger partial charge < -0.3 is 19.3 Å². The molecule has 2 aromatic rings. The van der Waals surface area contributed by atoms with Gasteiger partial charge in [-0.1, -0.05) is 0 Å². The third kappa shape index (κ3) is 1.66. The van der Waals surface area contributed by atoms with Crippen molar-refractivity contribution in [3.8, 4) is 5.75 Å². The Kier molecular flexibility index (Phi) is 2.78. The summed E-state index contributed by atoms with van der Waals surface area (Å²) in [5, 5.41) is 10.6. The highest BCUT2D eigenvalue weighted by Crippen LogP contribution is 2.46. The molecule has 1 N–H and O–H groups in total. The van der Waals surface area contributed by atoms with E-state index in [4.69, 9.17) is 4.74 Å². The molecule has 0 amide bonds. The molecule has 0 unspecified atom stereocenters. The van der Waals surface area contributed by atoms with Crippen LogP contribution in [0.5, 0.6) is 5.75 Å². The zero-order valence-electron chi connectivity index (χ0n) is 12.9. The van der Waals surface area contributed by atoms with E-state index in [1.54, 1.807) is 7.11 Å². The van der Waals surface area contributed by atoms with Crippen LogP contribution in [-0.2, 0) is 12.5 Å². The Hall–Kier alpha value is -2.01. The molecule has 116 valence electrons. The van der Waals surface area contributed by atoms with Crippen LogP contribution < -0.4 is 4.74 Å². The van der Waals surface area contributed by atoms with Gasteiger partial charge in [0.05, 0.1) is 12.7 Å². The summed E-state index contributed by atoms with van der Waals surface area (Å²) in [4.78, 5) is 14.4. The van der Waals surface area contributed by atoms with E-state index in [0.29, 0.717) is 11.3 Å². The van der Waals surface area contributed by atoms with E-state index in [9.17, 15) is 9.90 Å². The molecule has 0 aliphatic carbocycles. The first-order valence-electron chi connectivity index (χ1n) is 7.68. The van der Waals surface area contributed by atoms with Crippen LogP contribution in [0.15, 0.2) is 18.2 Å². The largest absolute Gasteiger partial charge is 0.497 e. The average Bonchev–Trinajstić information content (AvgIpc) is 3.19. The van der Waals surface area contributed by atoms with Crippen molar-refractivity contribution in [2.24, 2.45) is 7.05 Å². The van der Waals surface area contributed by atoms with Crippen molar-refractivity contribution in [3.05, 3.63) is 29.5 Å². The summed E-state index contributed by atoms with van der Waals surface area (Å²) in [7, 11) is 3.60. The fourth-order valence-electron chi connectivity index (χ4n) is 4.42.